The van der Waals surface area contributed by atoms with Crippen molar-refractivity contribution in [1.82, 2.24) is 4.90 Å². The number of methoxy groups -OCH3 is 1. The number of carbonyl (C=O) groups is 2. The number of nitrogens with zero attached hydrogens (tertiary/aromatic N) is 1. The van der Waals surface area contributed by atoms with Crippen molar-refractivity contribution in [3.05, 3.63) is 52.5 Å². The summed E-state index contributed by atoms with van der Waals surface area (Å²) in [7, 11) is 1.55. The first-order chi connectivity index (χ1) is 13.9. The van der Waals surface area contributed by atoms with Gasteiger partial charge in [-0.15, -0.1) is 0 Å². The summed E-state index contributed by atoms with van der Waals surface area (Å²) in [5.41, 5.74) is 0.754. The van der Waals surface area contributed by atoms with Crippen molar-refractivity contribution in [3.8, 4) is 17.2 Å². The zero-order valence-electron chi connectivity index (χ0n) is 16.6. The van der Waals surface area contributed by atoms with Gasteiger partial charge in [0.1, 0.15) is 11.3 Å². The number of phenolic OH excluding ortho intramolecular Hbond substituents is 1. The lowest BCUT2D eigenvalue weighted by molar-refractivity contribution is -0.134. The van der Waals surface area contributed by atoms with Gasteiger partial charge in [0.05, 0.1) is 13.7 Å². The molecule has 0 aliphatic heterocycles. The van der Waals surface area contributed by atoms with Gasteiger partial charge < -0.3 is 24.2 Å². The van der Waals surface area contributed by atoms with Crippen LogP contribution in [0.4, 0.5) is 0 Å². The van der Waals surface area contributed by atoms with E-state index >= 15 is 0 Å². The second-order valence-corrected chi connectivity index (χ2v) is 6.50. The number of carbonyl (C=O) groups excluding carboxylic acids is 2. The van der Waals surface area contributed by atoms with Crippen molar-refractivity contribution in [2.45, 2.75) is 20.4 Å². The van der Waals surface area contributed by atoms with Gasteiger partial charge in [0, 0.05) is 18.1 Å². The summed E-state index contributed by atoms with van der Waals surface area (Å²) in [5, 5.41) is 10.0. The van der Waals surface area contributed by atoms with Crippen molar-refractivity contribution in [1.29, 1.82) is 0 Å². The van der Waals surface area contributed by atoms with Crippen LogP contribution >= 0.6 is 11.6 Å². The smallest absolute Gasteiger partial charge is 0.342 e. The fourth-order valence-corrected chi connectivity index (χ4v) is 2.82. The van der Waals surface area contributed by atoms with E-state index in [1.807, 2.05) is 19.9 Å². The van der Waals surface area contributed by atoms with Crippen LogP contribution in [0.5, 0.6) is 17.2 Å². The number of hydrogen-bond acceptors (Lipinski definition) is 6. The van der Waals surface area contributed by atoms with Crippen LogP contribution in [0.15, 0.2) is 36.4 Å². The summed E-state index contributed by atoms with van der Waals surface area (Å²) in [6.45, 7) is 4.52. The van der Waals surface area contributed by atoms with Gasteiger partial charge >= 0.3 is 5.97 Å². The van der Waals surface area contributed by atoms with Crippen LogP contribution in [0, 0.1) is 0 Å². The number of aromatic hydroxyl groups is 1. The minimum absolute atomic E-state index is 0.0930. The summed E-state index contributed by atoms with van der Waals surface area (Å²) in [4.78, 5) is 26.2. The summed E-state index contributed by atoms with van der Waals surface area (Å²) < 4.78 is 15.9. The molecule has 2 rings (SSSR count). The number of ether oxygens (including phenoxy) is 3. The first kappa shape index (κ1) is 22.4. The van der Waals surface area contributed by atoms with Crippen molar-refractivity contribution in [2.75, 3.05) is 26.9 Å². The lowest BCUT2D eigenvalue weighted by atomic mass is 10.2. The van der Waals surface area contributed by atoms with E-state index in [9.17, 15) is 14.7 Å². The van der Waals surface area contributed by atoms with Crippen molar-refractivity contribution >= 4 is 23.5 Å². The maximum Gasteiger partial charge on any atom is 0.342 e. The second kappa shape index (κ2) is 10.6. The third-order valence-electron chi connectivity index (χ3n) is 4.14. The molecule has 0 saturated carbocycles. The van der Waals surface area contributed by atoms with Crippen LogP contribution < -0.4 is 9.47 Å². The van der Waals surface area contributed by atoms with E-state index in [1.54, 1.807) is 24.1 Å². The molecule has 0 fully saturated rings. The Labute approximate surface area is 174 Å². The molecule has 0 bridgehead atoms. The van der Waals surface area contributed by atoms with E-state index in [2.05, 4.69) is 0 Å². The number of hydrogen-bond donors (Lipinski definition) is 1. The Morgan fingerprint density at radius 3 is 2.52 bits per heavy atom. The van der Waals surface area contributed by atoms with Crippen LogP contribution in [0.2, 0.25) is 5.02 Å². The normalized spacial score (nSPS) is 10.3. The molecule has 0 saturated heterocycles. The predicted octanol–water partition coefficient (Wildman–Crippen LogP) is 3.66. The highest BCUT2D eigenvalue weighted by Crippen LogP contribution is 2.28. The van der Waals surface area contributed by atoms with Crippen LogP contribution in [0.3, 0.4) is 0 Å². The van der Waals surface area contributed by atoms with Gasteiger partial charge in [0.15, 0.2) is 18.1 Å². The molecule has 2 aromatic carbocycles. The number of likely N-dealkylation sites (N-methyl/N-ethyl adjacent to an activating group) is 1. The van der Waals surface area contributed by atoms with Gasteiger partial charge in [0.25, 0.3) is 5.91 Å². The highest BCUT2D eigenvalue weighted by molar-refractivity contribution is 6.31. The molecular formula is C21H24ClNO6. The first-order valence-corrected chi connectivity index (χ1v) is 9.50. The third-order valence-corrected chi connectivity index (χ3v) is 4.38. The largest absolute Gasteiger partial charge is 0.507 e. The Morgan fingerprint density at radius 2 is 1.86 bits per heavy atom. The summed E-state index contributed by atoms with van der Waals surface area (Å²) in [6.07, 6.45) is 0. The second-order valence-electron chi connectivity index (χ2n) is 6.06. The molecule has 0 aliphatic rings. The monoisotopic (exact) mass is 421 g/mol. The molecule has 0 heterocycles. The number of rotatable bonds is 9. The maximum absolute atomic E-state index is 12.5. The number of amides is 1. The molecule has 7 nitrogen and oxygen atoms in total. The molecule has 156 valence electrons. The van der Waals surface area contributed by atoms with Gasteiger partial charge in [-0.05, 0) is 49.7 Å². The van der Waals surface area contributed by atoms with Gasteiger partial charge in [-0.2, -0.15) is 0 Å². The summed E-state index contributed by atoms with van der Waals surface area (Å²) in [5.74, 6) is -0.243. The lowest BCUT2D eigenvalue weighted by Gasteiger charge is -2.21. The van der Waals surface area contributed by atoms with E-state index in [0.29, 0.717) is 31.2 Å². The van der Waals surface area contributed by atoms with Crippen LogP contribution in [-0.2, 0) is 16.1 Å². The molecule has 1 N–H and O–H groups in total. The lowest BCUT2D eigenvalue weighted by Crippen LogP contribution is -2.34. The topological polar surface area (TPSA) is 85.3 Å². The molecule has 0 radical (unpaired) electrons. The zero-order valence-corrected chi connectivity index (χ0v) is 17.4. The van der Waals surface area contributed by atoms with Crippen LogP contribution in [0.1, 0.15) is 29.8 Å². The SMILES string of the molecule is CCOc1ccc(CN(CC)C(=O)COC(=O)c2cc(Cl)ccc2O)cc1OC. The molecule has 29 heavy (non-hydrogen) atoms. The Kier molecular flexibility index (Phi) is 8.15. The van der Waals surface area contributed by atoms with E-state index < -0.39 is 12.6 Å². The fraction of sp³-hybridized carbons (Fsp3) is 0.333. The highest BCUT2D eigenvalue weighted by atomic mass is 35.5. The number of halogens is 1. The fourth-order valence-electron chi connectivity index (χ4n) is 2.65. The van der Waals surface area contributed by atoms with Crippen LogP contribution in [-0.4, -0.2) is 48.8 Å². The molecule has 0 spiro atoms. The first-order valence-electron chi connectivity index (χ1n) is 9.12. The van der Waals surface area contributed by atoms with Crippen molar-refractivity contribution in [2.24, 2.45) is 0 Å². The van der Waals surface area contributed by atoms with E-state index in [1.165, 1.54) is 18.2 Å². The van der Waals surface area contributed by atoms with Gasteiger partial charge in [-0.1, -0.05) is 17.7 Å². The molecule has 2 aromatic rings. The molecule has 0 aliphatic carbocycles. The maximum atomic E-state index is 12.5. The van der Waals surface area contributed by atoms with E-state index in [0.717, 1.165) is 5.56 Å². The Hall–Kier alpha value is -2.93. The molecule has 0 aromatic heterocycles. The van der Waals surface area contributed by atoms with Gasteiger partial charge in [0.2, 0.25) is 0 Å². The Morgan fingerprint density at radius 1 is 1.10 bits per heavy atom. The predicted molar refractivity (Wildman–Crippen MR) is 109 cm³/mol. The minimum atomic E-state index is -0.822. The number of phenols is 1. The average molecular weight is 422 g/mol. The van der Waals surface area contributed by atoms with Gasteiger partial charge in [-0.3, -0.25) is 4.79 Å². The quantitative estimate of drug-likeness (QED) is 0.622. The minimum Gasteiger partial charge on any atom is -0.507 e. The Bertz CT molecular complexity index is 870. The van der Waals surface area contributed by atoms with E-state index in [4.69, 9.17) is 25.8 Å². The molecular weight excluding hydrogens is 398 g/mol. The molecule has 1 amide bonds. The summed E-state index contributed by atoms with van der Waals surface area (Å²) >= 11 is 5.83. The molecule has 0 atom stereocenters. The summed E-state index contributed by atoms with van der Waals surface area (Å²) in [6, 6.07) is 9.46. The average Bonchev–Trinajstić information content (AvgIpc) is 2.72. The third kappa shape index (κ3) is 6.02. The zero-order chi connectivity index (χ0) is 21.4. The number of esters is 1. The highest BCUT2D eigenvalue weighted by Gasteiger charge is 2.18. The number of benzene rings is 2. The van der Waals surface area contributed by atoms with Crippen molar-refractivity contribution < 1.29 is 28.9 Å². The molecule has 0 unspecified atom stereocenters. The van der Waals surface area contributed by atoms with E-state index in [-0.39, 0.29) is 22.2 Å². The van der Waals surface area contributed by atoms with Crippen molar-refractivity contribution in [3.63, 3.8) is 0 Å². The molecule has 8 heteroatoms. The standard InChI is InChI=1S/C21H24ClNO6/c1-4-23(12-14-6-9-18(28-5-2)19(10-14)27-3)20(25)13-29-21(26)16-11-15(22)7-8-17(16)24/h6-11,24H,4-5,12-13H2,1-3H3. The van der Waals surface area contributed by atoms with Crippen LogP contribution in [0.25, 0.3) is 0 Å². The van der Waals surface area contributed by atoms with Gasteiger partial charge in [-0.25, -0.2) is 4.79 Å². The Balaban J connectivity index is 2.01.